The third-order valence-corrected chi connectivity index (χ3v) is 4.43. The van der Waals surface area contributed by atoms with E-state index in [4.69, 9.17) is 0 Å². The molecule has 1 saturated heterocycles. The number of pyridine rings is 1. The van der Waals surface area contributed by atoms with Crippen LogP contribution in [0.1, 0.15) is 33.1 Å². The Morgan fingerprint density at radius 2 is 2.04 bits per heavy atom. The number of aromatic nitrogens is 1. The maximum absolute atomic E-state index is 14.5. The van der Waals surface area contributed by atoms with Gasteiger partial charge in [-0.15, -0.1) is 0 Å². The predicted molar refractivity (Wildman–Crippen MR) is 99.6 cm³/mol. The van der Waals surface area contributed by atoms with Crippen LogP contribution in [0.25, 0.3) is 10.9 Å². The molecular formula is C19H25FN4O. The van der Waals surface area contributed by atoms with Crippen molar-refractivity contribution in [2.75, 3.05) is 29.9 Å². The minimum Gasteiger partial charge on any atom is -0.357 e. The van der Waals surface area contributed by atoms with Crippen molar-refractivity contribution in [1.82, 2.24) is 10.3 Å². The van der Waals surface area contributed by atoms with Gasteiger partial charge in [0.2, 0.25) is 0 Å². The van der Waals surface area contributed by atoms with Crippen LogP contribution in [0.4, 0.5) is 20.7 Å². The Hall–Kier alpha value is -2.37. The first-order valence-electron chi connectivity index (χ1n) is 8.93. The monoisotopic (exact) mass is 344 g/mol. The number of amides is 2. The van der Waals surface area contributed by atoms with Gasteiger partial charge < -0.3 is 15.5 Å². The Bertz CT molecular complexity index is 756. The van der Waals surface area contributed by atoms with Gasteiger partial charge >= 0.3 is 6.03 Å². The molecule has 2 aromatic rings. The summed E-state index contributed by atoms with van der Waals surface area (Å²) in [6.45, 7) is 6.73. The fraction of sp³-hybridized carbons (Fsp3) is 0.474. The number of benzene rings is 1. The molecule has 0 aliphatic carbocycles. The van der Waals surface area contributed by atoms with Gasteiger partial charge in [-0.3, -0.25) is 0 Å². The van der Waals surface area contributed by atoms with Crippen molar-refractivity contribution in [2.24, 2.45) is 5.92 Å². The zero-order valence-electron chi connectivity index (χ0n) is 14.8. The van der Waals surface area contributed by atoms with Gasteiger partial charge in [-0.25, -0.2) is 14.2 Å². The molecule has 0 unspecified atom stereocenters. The molecule has 2 N–H and O–H groups in total. The lowest BCUT2D eigenvalue weighted by Gasteiger charge is -2.17. The molecule has 0 spiro atoms. The van der Waals surface area contributed by atoms with Gasteiger partial charge in [0, 0.05) is 30.7 Å². The highest BCUT2D eigenvalue weighted by atomic mass is 19.1. The molecule has 0 radical (unpaired) electrons. The molecule has 25 heavy (non-hydrogen) atoms. The largest absolute Gasteiger partial charge is 0.357 e. The Balaban J connectivity index is 1.73. The third kappa shape index (κ3) is 4.38. The first kappa shape index (κ1) is 17.5. The van der Waals surface area contributed by atoms with Crippen LogP contribution in [-0.4, -0.2) is 30.6 Å². The molecular weight excluding hydrogens is 319 g/mol. The van der Waals surface area contributed by atoms with Gasteiger partial charge in [-0.05, 0) is 49.4 Å². The number of fused-ring (bicyclic) bond motifs is 1. The van der Waals surface area contributed by atoms with E-state index < -0.39 is 5.82 Å². The molecule has 6 heteroatoms. The molecule has 0 bridgehead atoms. The molecule has 1 aromatic carbocycles. The molecule has 0 atom stereocenters. The van der Waals surface area contributed by atoms with Crippen molar-refractivity contribution in [3.05, 3.63) is 30.1 Å². The molecule has 1 aliphatic heterocycles. The van der Waals surface area contributed by atoms with E-state index in [1.165, 1.54) is 6.07 Å². The van der Waals surface area contributed by atoms with Crippen molar-refractivity contribution in [1.29, 1.82) is 0 Å². The van der Waals surface area contributed by atoms with Crippen molar-refractivity contribution in [3.63, 3.8) is 0 Å². The lowest BCUT2D eigenvalue weighted by atomic mass is 10.1. The van der Waals surface area contributed by atoms with Crippen LogP contribution in [0.3, 0.4) is 0 Å². The number of urea groups is 1. The summed E-state index contributed by atoms with van der Waals surface area (Å²) in [5.74, 6) is 0.918. The highest BCUT2D eigenvalue weighted by Crippen LogP contribution is 2.26. The van der Waals surface area contributed by atoms with E-state index >= 15 is 0 Å². The van der Waals surface area contributed by atoms with Gasteiger partial charge in [-0.2, -0.15) is 0 Å². The lowest BCUT2D eigenvalue weighted by molar-refractivity contribution is 0.251. The minimum absolute atomic E-state index is 0.318. The molecule has 1 aliphatic rings. The molecule has 3 rings (SSSR count). The number of nitrogens with one attached hydrogen (secondary N) is 2. The molecule has 134 valence electrons. The van der Waals surface area contributed by atoms with Crippen LogP contribution in [0.15, 0.2) is 24.3 Å². The molecule has 1 aromatic heterocycles. The summed E-state index contributed by atoms with van der Waals surface area (Å²) in [6.07, 6.45) is 3.21. The van der Waals surface area contributed by atoms with E-state index in [0.717, 1.165) is 38.2 Å². The quantitative estimate of drug-likeness (QED) is 0.857. The SMILES string of the molecule is CC(C)CCNC(=O)Nc1cc(F)c2nc(N3CCCC3)ccc2c1. The van der Waals surface area contributed by atoms with E-state index in [0.29, 0.717) is 29.1 Å². The number of anilines is 2. The summed E-state index contributed by atoms with van der Waals surface area (Å²) in [5.41, 5.74) is 0.776. The third-order valence-electron chi connectivity index (χ3n) is 4.43. The summed E-state index contributed by atoms with van der Waals surface area (Å²) in [4.78, 5) is 18.5. The standard InChI is InChI=1S/C19H25FN4O/c1-13(2)7-8-21-19(25)22-15-11-14-5-6-17(24-9-3-4-10-24)23-18(14)16(20)12-15/h5-6,11-13H,3-4,7-10H2,1-2H3,(H2,21,22,25). The maximum Gasteiger partial charge on any atom is 0.319 e. The van der Waals surface area contributed by atoms with E-state index in [1.54, 1.807) is 6.07 Å². The summed E-state index contributed by atoms with van der Waals surface area (Å²) < 4.78 is 14.5. The predicted octanol–water partition coefficient (Wildman–Crippen LogP) is 4.14. The van der Waals surface area contributed by atoms with Crippen LogP contribution in [0.5, 0.6) is 0 Å². The van der Waals surface area contributed by atoms with Crippen molar-refractivity contribution < 1.29 is 9.18 Å². The van der Waals surface area contributed by atoms with Crippen LogP contribution in [0.2, 0.25) is 0 Å². The Labute approximate surface area is 147 Å². The molecule has 2 amide bonds. The average molecular weight is 344 g/mol. The Morgan fingerprint density at radius 3 is 2.76 bits per heavy atom. The highest BCUT2D eigenvalue weighted by molar-refractivity contribution is 5.93. The van der Waals surface area contributed by atoms with Gasteiger partial charge in [0.05, 0.1) is 0 Å². The van der Waals surface area contributed by atoms with Crippen LogP contribution in [0, 0.1) is 11.7 Å². The van der Waals surface area contributed by atoms with Crippen molar-refractivity contribution >= 4 is 28.4 Å². The first-order valence-corrected chi connectivity index (χ1v) is 8.93. The number of hydrogen-bond donors (Lipinski definition) is 2. The Kier molecular flexibility index (Phi) is 5.36. The normalized spacial score (nSPS) is 14.3. The van der Waals surface area contributed by atoms with E-state index in [9.17, 15) is 9.18 Å². The fourth-order valence-corrected chi connectivity index (χ4v) is 3.03. The molecule has 2 heterocycles. The summed E-state index contributed by atoms with van der Waals surface area (Å²) in [5, 5.41) is 6.15. The second kappa shape index (κ2) is 7.68. The minimum atomic E-state index is -0.420. The topological polar surface area (TPSA) is 57.3 Å². The van der Waals surface area contributed by atoms with E-state index in [2.05, 4.69) is 34.4 Å². The maximum atomic E-state index is 14.5. The lowest BCUT2D eigenvalue weighted by Crippen LogP contribution is -2.30. The van der Waals surface area contributed by atoms with Gasteiger partial charge in [0.25, 0.3) is 0 Å². The summed E-state index contributed by atoms with van der Waals surface area (Å²) >= 11 is 0. The Morgan fingerprint density at radius 1 is 1.28 bits per heavy atom. The van der Waals surface area contributed by atoms with Crippen LogP contribution >= 0.6 is 0 Å². The average Bonchev–Trinajstić information content (AvgIpc) is 3.08. The number of halogens is 1. The fourth-order valence-electron chi connectivity index (χ4n) is 3.03. The second-order valence-electron chi connectivity index (χ2n) is 6.96. The van der Waals surface area contributed by atoms with E-state index in [1.807, 2.05) is 12.1 Å². The van der Waals surface area contributed by atoms with Gasteiger partial charge in [0.1, 0.15) is 11.3 Å². The number of nitrogens with zero attached hydrogens (tertiary/aromatic N) is 2. The van der Waals surface area contributed by atoms with Crippen molar-refractivity contribution in [2.45, 2.75) is 33.1 Å². The van der Waals surface area contributed by atoms with Gasteiger partial charge in [-0.1, -0.05) is 13.8 Å². The summed E-state index contributed by atoms with van der Waals surface area (Å²) in [7, 11) is 0. The zero-order chi connectivity index (χ0) is 17.8. The number of carbonyl (C=O) groups is 1. The highest BCUT2D eigenvalue weighted by Gasteiger charge is 2.15. The van der Waals surface area contributed by atoms with Crippen molar-refractivity contribution in [3.8, 4) is 0 Å². The van der Waals surface area contributed by atoms with Crippen LogP contribution in [-0.2, 0) is 0 Å². The molecule has 1 fully saturated rings. The van der Waals surface area contributed by atoms with Crippen LogP contribution < -0.4 is 15.5 Å². The molecule has 5 nitrogen and oxygen atoms in total. The smallest absolute Gasteiger partial charge is 0.319 e. The van der Waals surface area contributed by atoms with E-state index in [-0.39, 0.29) is 6.03 Å². The summed E-state index contributed by atoms with van der Waals surface area (Å²) in [6, 6.07) is 6.54. The second-order valence-corrected chi connectivity index (χ2v) is 6.96. The molecule has 0 saturated carbocycles. The van der Waals surface area contributed by atoms with Gasteiger partial charge in [0.15, 0.2) is 5.82 Å². The number of carbonyl (C=O) groups excluding carboxylic acids is 1. The first-order chi connectivity index (χ1) is 12.0. The number of hydrogen-bond acceptors (Lipinski definition) is 3. The zero-order valence-corrected chi connectivity index (χ0v) is 14.8. The number of rotatable bonds is 5.